The van der Waals surface area contributed by atoms with E-state index in [0.29, 0.717) is 18.2 Å². The molecule has 154 valence electrons. The van der Waals surface area contributed by atoms with E-state index >= 15 is 0 Å². The van der Waals surface area contributed by atoms with Gasteiger partial charge in [-0.05, 0) is 45.1 Å². The van der Waals surface area contributed by atoms with Crippen LogP contribution in [0.1, 0.15) is 47.5 Å². The van der Waals surface area contributed by atoms with Gasteiger partial charge in [0.05, 0.1) is 12.6 Å². The second-order valence-corrected chi connectivity index (χ2v) is 8.10. The highest BCUT2D eigenvalue weighted by Crippen LogP contribution is 2.64. The van der Waals surface area contributed by atoms with Gasteiger partial charge in [0, 0.05) is 18.5 Å². The van der Waals surface area contributed by atoms with Crippen molar-refractivity contribution >= 4 is 23.6 Å². The van der Waals surface area contributed by atoms with Crippen molar-refractivity contribution in [1.82, 2.24) is 9.80 Å². The highest BCUT2D eigenvalue weighted by molar-refractivity contribution is 6.27. The second-order valence-electron chi connectivity index (χ2n) is 8.10. The van der Waals surface area contributed by atoms with Gasteiger partial charge in [0.2, 0.25) is 5.91 Å². The Morgan fingerprint density at radius 2 is 1.56 bits per heavy atom. The van der Waals surface area contributed by atoms with Crippen molar-refractivity contribution < 1.29 is 29.4 Å². The molecule has 0 spiro atoms. The van der Waals surface area contributed by atoms with Crippen molar-refractivity contribution in [1.29, 1.82) is 0 Å². The largest absolute Gasteiger partial charge is 0.473 e. The van der Waals surface area contributed by atoms with Crippen molar-refractivity contribution in [2.24, 2.45) is 16.7 Å². The number of likely N-dealkylation sites (N-methyl/N-ethyl adjacent to an activating group) is 2. The molecule has 8 heteroatoms. The van der Waals surface area contributed by atoms with Crippen LogP contribution in [0.2, 0.25) is 0 Å². The van der Waals surface area contributed by atoms with Crippen LogP contribution in [0.15, 0.2) is 0 Å². The van der Waals surface area contributed by atoms with E-state index < -0.39 is 11.9 Å². The monoisotopic (exact) mass is 384 g/mol. The molecule has 2 saturated carbocycles. The van der Waals surface area contributed by atoms with Gasteiger partial charge < -0.3 is 15.1 Å². The molecule has 0 heterocycles. The van der Waals surface area contributed by atoms with Crippen LogP contribution in [0.25, 0.3) is 0 Å². The van der Waals surface area contributed by atoms with Crippen LogP contribution < -0.4 is 0 Å². The maximum absolute atomic E-state index is 12.9. The van der Waals surface area contributed by atoms with Gasteiger partial charge in [0.25, 0.3) is 0 Å². The number of carbonyl (C=O) groups excluding carboxylic acids is 2. The molecule has 8 nitrogen and oxygen atoms in total. The summed E-state index contributed by atoms with van der Waals surface area (Å²) in [5.74, 6) is -2.80. The average Bonchev–Trinajstić information content (AvgIpc) is 2.88. The van der Waals surface area contributed by atoms with Gasteiger partial charge in [-0.1, -0.05) is 20.8 Å². The van der Waals surface area contributed by atoms with Crippen LogP contribution in [0.4, 0.5) is 0 Å². The summed E-state index contributed by atoms with van der Waals surface area (Å²) < 4.78 is 0. The third-order valence-electron chi connectivity index (χ3n) is 6.66. The molecule has 1 amide bonds. The predicted octanol–water partition coefficient (Wildman–Crippen LogP) is 1.34. The van der Waals surface area contributed by atoms with E-state index in [1.807, 2.05) is 30.7 Å². The molecule has 0 aliphatic heterocycles. The molecule has 3 unspecified atom stereocenters. The van der Waals surface area contributed by atoms with E-state index in [2.05, 4.69) is 20.8 Å². The highest BCUT2D eigenvalue weighted by atomic mass is 16.4. The number of hydrogen-bond acceptors (Lipinski definition) is 5. The van der Waals surface area contributed by atoms with Crippen LogP contribution in [0.3, 0.4) is 0 Å². The number of rotatable bonds is 5. The number of hydrogen-bond donors (Lipinski definition) is 2. The van der Waals surface area contributed by atoms with Crippen LogP contribution in [-0.2, 0) is 19.2 Å². The zero-order valence-electron chi connectivity index (χ0n) is 17.1. The Morgan fingerprint density at radius 3 is 1.89 bits per heavy atom. The molecule has 0 radical (unpaired) electrons. The van der Waals surface area contributed by atoms with Crippen molar-refractivity contribution in [3.63, 3.8) is 0 Å². The number of fused-ring (bicyclic) bond motifs is 2. The molecule has 2 N–H and O–H groups in total. The molecule has 2 rings (SSSR count). The number of amides is 1. The van der Waals surface area contributed by atoms with Crippen LogP contribution in [0.5, 0.6) is 0 Å². The first kappa shape index (κ1) is 23.1. The molecule has 0 saturated heterocycles. The standard InChI is InChI=1S/C17H30N2O2.C2H2O4/c1-7-19(8-2)13(20)11-18(6)14-12-9-10-17(5,15(14)21)16(12,3)4;3-1(4)2(5)6/h12,14H,7-11H2,1-6H3;(H,3,4)(H,5,6). The van der Waals surface area contributed by atoms with Gasteiger partial charge in [-0.3, -0.25) is 14.5 Å². The van der Waals surface area contributed by atoms with Gasteiger partial charge in [0.15, 0.2) is 5.78 Å². The van der Waals surface area contributed by atoms with Crippen LogP contribution >= 0.6 is 0 Å². The summed E-state index contributed by atoms with van der Waals surface area (Å²) in [4.78, 5) is 47.2. The molecule has 3 atom stereocenters. The number of carboxylic acid groups (broad SMARTS) is 2. The van der Waals surface area contributed by atoms with Crippen molar-refractivity contribution in [3.05, 3.63) is 0 Å². The number of carbonyl (C=O) groups is 4. The van der Waals surface area contributed by atoms with E-state index in [1.165, 1.54) is 0 Å². The number of aliphatic carboxylic acids is 2. The minimum Gasteiger partial charge on any atom is -0.473 e. The van der Waals surface area contributed by atoms with Gasteiger partial charge in [0.1, 0.15) is 0 Å². The topological polar surface area (TPSA) is 115 Å². The summed E-state index contributed by atoms with van der Waals surface area (Å²) in [7, 11) is 1.93. The highest BCUT2D eigenvalue weighted by Gasteiger charge is 2.66. The third kappa shape index (κ3) is 4.15. The summed E-state index contributed by atoms with van der Waals surface area (Å²) in [6.07, 6.45) is 2.10. The molecule has 0 aromatic carbocycles. The van der Waals surface area contributed by atoms with Gasteiger partial charge in [-0.2, -0.15) is 0 Å². The lowest BCUT2D eigenvalue weighted by Gasteiger charge is -2.33. The quantitative estimate of drug-likeness (QED) is 0.687. The Bertz CT molecular complexity index is 601. The number of nitrogens with zero attached hydrogens (tertiary/aromatic N) is 2. The Kier molecular flexibility index (Phi) is 7.16. The number of ketones is 1. The first-order valence-electron chi connectivity index (χ1n) is 9.33. The van der Waals surface area contributed by atoms with E-state index in [1.54, 1.807) is 0 Å². The molecule has 2 aliphatic carbocycles. The Morgan fingerprint density at radius 1 is 1.07 bits per heavy atom. The summed E-state index contributed by atoms with van der Waals surface area (Å²) in [5.41, 5.74) is -0.171. The molecule has 0 aromatic rings. The summed E-state index contributed by atoms with van der Waals surface area (Å²) in [6, 6.07) is -0.0849. The Labute approximate surface area is 160 Å². The maximum atomic E-state index is 12.9. The molecule has 2 aliphatic rings. The molecule has 27 heavy (non-hydrogen) atoms. The SMILES string of the molecule is CCN(CC)C(=O)CN(C)C1C(=O)C2(C)CCC1C2(C)C.O=C(O)C(=O)O. The fourth-order valence-electron chi connectivity index (χ4n) is 4.53. The Hall–Kier alpha value is -1.96. The lowest BCUT2D eigenvalue weighted by Crippen LogP contribution is -2.49. The summed E-state index contributed by atoms with van der Waals surface area (Å²) in [5, 5.41) is 14.8. The first-order chi connectivity index (χ1) is 12.3. The molecular weight excluding hydrogens is 352 g/mol. The zero-order chi connectivity index (χ0) is 21.2. The van der Waals surface area contributed by atoms with Crippen molar-refractivity contribution in [2.75, 3.05) is 26.7 Å². The zero-order valence-corrected chi connectivity index (χ0v) is 17.1. The second kappa shape index (κ2) is 8.37. The van der Waals surface area contributed by atoms with Gasteiger partial charge in [-0.15, -0.1) is 0 Å². The van der Waals surface area contributed by atoms with E-state index in [9.17, 15) is 9.59 Å². The lowest BCUT2D eigenvalue weighted by molar-refractivity contribution is -0.159. The smallest absolute Gasteiger partial charge is 0.414 e. The minimum absolute atomic E-state index is 0.0429. The lowest BCUT2D eigenvalue weighted by atomic mass is 9.70. The minimum atomic E-state index is -1.82. The average molecular weight is 384 g/mol. The summed E-state index contributed by atoms with van der Waals surface area (Å²) in [6.45, 7) is 12.4. The summed E-state index contributed by atoms with van der Waals surface area (Å²) >= 11 is 0. The molecule has 2 fully saturated rings. The normalized spacial score (nSPS) is 27.9. The first-order valence-corrected chi connectivity index (χ1v) is 9.33. The van der Waals surface area contributed by atoms with Crippen LogP contribution in [0, 0.1) is 16.7 Å². The molecular formula is C19H32N2O6. The fraction of sp³-hybridized carbons (Fsp3) is 0.789. The third-order valence-corrected chi connectivity index (χ3v) is 6.66. The van der Waals surface area contributed by atoms with Gasteiger partial charge >= 0.3 is 11.9 Å². The van der Waals surface area contributed by atoms with Crippen LogP contribution in [-0.4, -0.2) is 76.4 Å². The predicted molar refractivity (Wildman–Crippen MR) is 99.2 cm³/mol. The van der Waals surface area contributed by atoms with E-state index in [0.717, 1.165) is 25.9 Å². The number of Topliss-reactive ketones (excluding diaryl/α,β-unsaturated/α-hetero) is 1. The van der Waals surface area contributed by atoms with Gasteiger partial charge in [-0.25, -0.2) is 9.59 Å². The van der Waals surface area contributed by atoms with E-state index in [-0.39, 0.29) is 22.8 Å². The molecule has 2 bridgehead atoms. The fourth-order valence-corrected chi connectivity index (χ4v) is 4.53. The Balaban J connectivity index is 0.000000527. The van der Waals surface area contributed by atoms with Crippen molar-refractivity contribution in [2.45, 2.75) is 53.5 Å². The number of carboxylic acids is 2. The maximum Gasteiger partial charge on any atom is 0.414 e. The molecule has 0 aromatic heterocycles. The van der Waals surface area contributed by atoms with E-state index in [4.69, 9.17) is 19.8 Å². The van der Waals surface area contributed by atoms with Crippen molar-refractivity contribution in [3.8, 4) is 0 Å².